The molecule has 5 heteroatoms. The summed E-state index contributed by atoms with van der Waals surface area (Å²) in [4.78, 5) is 9.34. The molecule has 0 atom stereocenters. The van der Waals surface area contributed by atoms with Gasteiger partial charge in [0.05, 0.1) is 11.1 Å². The van der Waals surface area contributed by atoms with Gasteiger partial charge in [0.15, 0.2) is 0 Å². The maximum absolute atomic E-state index is 9.87. The molecule has 0 aliphatic heterocycles. The van der Waals surface area contributed by atoms with Crippen molar-refractivity contribution in [2.75, 3.05) is 0 Å². The number of aromatic nitrogens is 1. The smallest absolute Gasteiger partial charge is 0.235 e. The molecule has 58 valence electrons. The van der Waals surface area contributed by atoms with E-state index in [4.69, 9.17) is 0 Å². The zero-order valence-electron chi connectivity index (χ0n) is 5.85. The summed E-state index contributed by atoms with van der Waals surface area (Å²) in [5, 5.41) is 13.3. The standard InChI is InChI=1S/C6H6N2O3/c1-5-6(4-7-11-5)2-3-8(9)10/h2-4H,1H3/b3-2+. The van der Waals surface area contributed by atoms with Crippen molar-refractivity contribution in [1.82, 2.24) is 5.16 Å². The molecule has 1 rings (SSSR count). The third kappa shape index (κ3) is 1.89. The Morgan fingerprint density at radius 3 is 3.00 bits per heavy atom. The number of nitro groups is 1. The lowest BCUT2D eigenvalue weighted by Crippen LogP contribution is -1.81. The van der Waals surface area contributed by atoms with Crippen LogP contribution < -0.4 is 0 Å². The minimum atomic E-state index is -0.535. The summed E-state index contributed by atoms with van der Waals surface area (Å²) in [6.45, 7) is 1.69. The monoisotopic (exact) mass is 154 g/mol. The highest BCUT2D eigenvalue weighted by Gasteiger charge is 1.98. The van der Waals surface area contributed by atoms with E-state index in [1.54, 1.807) is 6.92 Å². The fourth-order valence-corrected chi connectivity index (χ4v) is 0.607. The largest absolute Gasteiger partial charge is 0.361 e. The molecule has 0 saturated heterocycles. The Balaban J connectivity index is 2.79. The number of rotatable bonds is 2. The first-order valence-electron chi connectivity index (χ1n) is 2.93. The van der Waals surface area contributed by atoms with Crippen LogP contribution in [0.2, 0.25) is 0 Å². The maximum Gasteiger partial charge on any atom is 0.235 e. The first kappa shape index (κ1) is 7.46. The molecule has 0 amide bonds. The molecule has 0 bridgehead atoms. The fraction of sp³-hybridized carbons (Fsp3) is 0.167. The SMILES string of the molecule is Cc1oncc1/C=C/[N+](=O)[O-]. The molecule has 0 N–H and O–H groups in total. The van der Waals surface area contributed by atoms with Gasteiger partial charge >= 0.3 is 0 Å². The van der Waals surface area contributed by atoms with Gasteiger partial charge in [0.2, 0.25) is 6.20 Å². The van der Waals surface area contributed by atoms with Crippen LogP contribution in [0.1, 0.15) is 11.3 Å². The highest BCUT2D eigenvalue weighted by molar-refractivity contribution is 5.47. The van der Waals surface area contributed by atoms with E-state index < -0.39 is 4.92 Å². The Labute approximate surface area is 62.5 Å². The van der Waals surface area contributed by atoms with Crippen LogP contribution in [0.4, 0.5) is 0 Å². The molecule has 11 heavy (non-hydrogen) atoms. The third-order valence-electron chi connectivity index (χ3n) is 1.16. The molecule has 0 radical (unpaired) electrons. The molecule has 5 nitrogen and oxygen atoms in total. The molecule has 0 fully saturated rings. The first-order chi connectivity index (χ1) is 5.20. The fourth-order valence-electron chi connectivity index (χ4n) is 0.607. The van der Waals surface area contributed by atoms with E-state index in [1.807, 2.05) is 0 Å². The van der Waals surface area contributed by atoms with Crippen molar-refractivity contribution < 1.29 is 9.45 Å². The highest BCUT2D eigenvalue weighted by Crippen LogP contribution is 2.07. The van der Waals surface area contributed by atoms with Gasteiger partial charge in [-0.2, -0.15) is 0 Å². The Hall–Kier alpha value is -1.65. The van der Waals surface area contributed by atoms with Gasteiger partial charge in [-0.05, 0) is 6.92 Å². The number of hydrogen-bond acceptors (Lipinski definition) is 4. The van der Waals surface area contributed by atoms with Crippen LogP contribution in [-0.4, -0.2) is 10.1 Å². The molecule has 0 unspecified atom stereocenters. The predicted molar refractivity (Wildman–Crippen MR) is 37.3 cm³/mol. The summed E-state index contributed by atoms with van der Waals surface area (Å²) >= 11 is 0. The molecule has 1 aromatic heterocycles. The van der Waals surface area contributed by atoms with Gasteiger partial charge in [-0.3, -0.25) is 10.1 Å². The van der Waals surface area contributed by atoms with E-state index in [2.05, 4.69) is 9.68 Å². The lowest BCUT2D eigenvalue weighted by atomic mass is 10.3. The van der Waals surface area contributed by atoms with E-state index in [-0.39, 0.29) is 0 Å². The second kappa shape index (κ2) is 2.96. The summed E-state index contributed by atoms with van der Waals surface area (Å²) < 4.78 is 4.67. The second-order valence-corrected chi connectivity index (χ2v) is 1.94. The summed E-state index contributed by atoms with van der Waals surface area (Å²) in [5.41, 5.74) is 0.627. The molecule has 0 saturated carbocycles. The van der Waals surface area contributed by atoms with Crippen LogP contribution in [0.3, 0.4) is 0 Å². The van der Waals surface area contributed by atoms with Crippen LogP contribution in [-0.2, 0) is 0 Å². The van der Waals surface area contributed by atoms with E-state index in [9.17, 15) is 10.1 Å². The van der Waals surface area contributed by atoms with Crippen molar-refractivity contribution in [3.05, 3.63) is 33.8 Å². The van der Waals surface area contributed by atoms with Crippen molar-refractivity contribution >= 4 is 6.08 Å². The lowest BCUT2D eigenvalue weighted by molar-refractivity contribution is -0.400. The van der Waals surface area contributed by atoms with Crippen LogP contribution in [0.15, 0.2) is 16.9 Å². The Kier molecular flexibility index (Phi) is 2.00. The van der Waals surface area contributed by atoms with E-state index in [0.717, 1.165) is 6.20 Å². The van der Waals surface area contributed by atoms with Gasteiger partial charge in [-0.15, -0.1) is 0 Å². The Morgan fingerprint density at radius 1 is 1.82 bits per heavy atom. The van der Waals surface area contributed by atoms with Crippen molar-refractivity contribution in [2.45, 2.75) is 6.92 Å². The second-order valence-electron chi connectivity index (χ2n) is 1.94. The van der Waals surface area contributed by atoms with Crippen LogP contribution in [0.25, 0.3) is 6.08 Å². The summed E-state index contributed by atoms with van der Waals surface area (Å²) in [6.07, 6.45) is 3.61. The minimum absolute atomic E-state index is 0.535. The van der Waals surface area contributed by atoms with Crippen LogP contribution in [0.5, 0.6) is 0 Å². The topological polar surface area (TPSA) is 69.2 Å². The molecule has 0 spiro atoms. The Morgan fingerprint density at radius 2 is 2.55 bits per heavy atom. The zero-order chi connectivity index (χ0) is 8.27. The van der Waals surface area contributed by atoms with Gasteiger partial charge in [0, 0.05) is 11.6 Å². The van der Waals surface area contributed by atoms with Crippen LogP contribution in [0, 0.1) is 17.0 Å². The quantitative estimate of drug-likeness (QED) is 0.474. The average Bonchev–Trinajstić information content (AvgIpc) is 2.31. The van der Waals surface area contributed by atoms with E-state index in [1.165, 1.54) is 12.3 Å². The predicted octanol–water partition coefficient (Wildman–Crippen LogP) is 1.23. The van der Waals surface area contributed by atoms with Crippen molar-refractivity contribution in [2.24, 2.45) is 0 Å². The Bertz CT molecular complexity index is 290. The summed E-state index contributed by atoms with van der Waals surface area (Å²) in [6, 6.07) is 0. The molecule has 1 aromatic rings. The van der Waals surface area contributed by atoms with Gasteiger partial charge in [0.25, 0.3) is 0 Å². The summed E-state index contributed by atoms with van der Waals surface area (Å²) in [5.74, 6) is 0.572. The van der Waals surface area contributed by atoms with Gasteiger partial charge in [0.1, 0.15) is 5.76 Å². The number of hydrogen-bond donors (Lipinski definition) is 0. The molecular weight excluding hydrogens is 148 g/mol. The molecule has 1 heterocycles. The van der Waals surface area contributed by atoms with E-state index in [0.29, 0.717) is 11.3 Å². The molecule has 0 aliphatic carbocycles. The van der Waals surface area contributed by atoms with Gasteiger partial charge in [-0.25, -0.2) is 0 Å². The normalized spacial score (nSPS) is 10.6. The summed E-state index contributed by atoms with van der Waals surface area (Å²) in [7, 11) is 0. The van der Waals surface area contributed by atoms with Crippen molar-refractivity contribution in [3.8, 4) is 0 Å². The maximum atomic E-state index is 9.87. The van der Waals surface area contributed by atoms with Crippen LogP contribution >= 0.6 is 0 Å². The number of aryl methyl sites for hydroxylation is 1. The van der Waals surface area contributed by atoms with E-state index >= 15 is 0 Å². The third-order valence-corrected chi connectivity index (χ3v) is 1.16. The molecular formula is C6H6N2O3. The first-order valence-corrected chi connectivity index (χ1v) is 2.93. The molecule has 0 aliphatic rings. The highest BCUT2D eigenvalue weighted by atomic mass is 16.6. The average molecular weight is 154 g/mol. The minimum Gasteiger partial charge on any atom is -0.361 e. The number of nitrogens with zero attached hydrogens (tertiary/aromatic N) is 2. The molecule has 0 aromatic carbocycles. The van der Waals surface area contributed by atoms with Crippen molar-refractivity contribution in [3.63, 3.8) is 0 Å². The van der Waals surface area contributed by atoms with Gasteiger partial charge < -0.3 is 4.52 Å². The lowest BCUT2D eigenvalue weighted by Gasteiger charge is -1.81. The van der Waals surface area contributed by atoms with Gasteiger partial charge in [-0.1, -0.05) is 5.16 Å². The van der Waals surface area contributed by atoms with Crippen molar-refractivity contribution in [1.29, 1.82) is 0 Å². The zero-order valence-corrected chi connectivity index (χ0v) is 5.85.